The van der Waals surface area contributed by atoms with Crippen molar-refractivity contribution in [3.05, 3.63) is 63.3 Å². The summed E-state index contributed by atoms with van der Waals surface area (Å²) in [4.78, 5) is 12.1. The van der Waals surface area contributed by atoms with Crippen LogP contribution in [0.5, 0.6) is 0 Å². The van der Waals surface area contributed by atoms with Crippen LogP contribution in [0.1, 0.15) is 23.4 Å². The SMILES string of the molecule is Cc1c(Cl)c(C(F)(F)F)nn1CCC(=O)Nc1ccn(Cc2c(F)c(F)c(F)c(F)c2F)n1. The van der Waals surface area contributed by atoms with Crippen LogP contribution in [-0.2, 0) is 24.1 Å². The zero-order chi connectivity index (χ0) is 24.7. The van der Waals surface area contributed by atoms with Crippen LogP contribution < -0.4 is 5.32 Å². The van der Waals surface area contributed by atoms with Gasteiger partial charge in [-0.3, -0.25) is 14.2 Å². The van der Waals surface area contributed by atoms with Gasteiger partial charge in [-0.05, 0) is 6.92 Å². The Kier molecular flexibility index (Phi) is 6.68. The summed E-state index contributed by atoms with van der Waals surface area (Å²) in [5.41, 5.74) is -2.41. The molecule has 0 aliphatic carbocycles. The van der Waals surface area contributed by atoms with Gasteiger partial charge in [-0.1, -0.05) is 11.6 Å². The van der Waals surface area contributed by atoms with Crippen LogP contribution in [0.4, 0.5) is 40.9 Å². The van der Waals surface area contributed by atoms with E-state index in [0.29, 0.717) is 0 Å². The number of carbonyl (C=O) groups is 1. The van der Waals surface area contributed by atoms with E-state index in [-0.39, 0.29) is 24.5 Å². The maximum Gasteiger partial charge on any atom is 0.436 e. The average Bonchev–Trinajstić information content (AvgIpc) is 3.30. The number of carbonyl (C=O) groups excluding carboxylic acids is 1. The van der Waals surface area contributed by atoms with Crippen molar-refractivity contribution in [3.8, 4) is 0 Å². The largest absolute Gasteiger partial charge is 0.436 e. The maximum absolute atomic E-state index is 13.8. The molecule has 0 unspecified atom stereocenters. The van der Waals surface area contributed by atoms with E-state index < -0.39 is 64.0 Å². The third kappa shape index (κ3) is 4.94. The van der Waals surface area contributed by atoms with E-state index in [0.717, 1.165) is 15.6 Å². The second kappa shape index (κ2) is 9.00. The summed E-state index contributed by atoms with van der Waals surface area (Å²) in [6.45, 7) is 0.217. The number of nitrogens with one attached hydrogen (secondary N) is 1. The van der Waals surface area contributed by atoms with Crippen LogP contribution in [-0.4, -0.2) is 25.5 Å². The van der Waals surface area contributed by atoms with Gasteiger partial charge in [0.1, 0.15) is 0 Å². The third-order valence-electron chi connectivity index (χ3n) is 4.48. The van der Waals surface area contributed by atoms with Crippen LogP contribution in [0, 0.1) is 36.0 Å². The zero-order valence-corrected chi connectivity index (χ0v) is 17.1. The highest BCUT2D eigenvalue weighted by Crippen LogP contribution is 2.35. The lowest BCUT2D eigenvalue weighted by Gasteiger charge is -2.08. The van der Waals surface area contributed by atoms with Gasteiger partial charge in [0.25, 0.3) is 0 Å². The number of benzene rings is 1. The van der Waals surface area contributed by atoms with Crippen molar-refractivity contribution >= 4 is 23.3 Å². The Morgan fingerprint density at radius 3 is 2.15 bits per heavy atom. The van der Waals surface area contributed by atoms with Crippen molar-refractivity contribution < 1.29 is 39.9 Å². The third-order valence-corrected chi connectivity index (χ3v) is 4.93. The van der Waals surface area contributed by atoms with E-state index in [2.05, 4.69) is 15.5 Å². The van der Waals surface area contributed by atoms with Crippen LogP contribution >= 0.6 is 11.6 Å². The molecule has 1 N–H and O–H groups in total. The quantitative estimate of drug-likeness (QED) is 0.299. The molecule has 0 aliphatic heterocycles. The van der Waals surface area contributed by atoms with Crippen molar-refractivity contribution in [2.24, 2.45) is 0 Å². The number of aromatic nitrogens is 4. The molecule has 3 aromatic rings. The number of aryl methyl sites for hydroxylation is 1. The van der Waals surface area contributed by atoms with Gasteiger partial charge in [-0.15, -0.1) is 0 Å². The molecule has 0 aliphatic rings. The van der Waals surface area contributed by atoms with Crippen molar-refractivity contribution in [1.29, 1.82) is 0 Å². The van der Waals surface area contributed by atoms with E-state index >= 15 is 0 Å². The first-order valence-electron chi connectivity index (χ1n) is 8.95. The molecule has 0 bridgehead atoms. The molecular weight excluding hydrogens is 490 g/mol. The number of rotatable bonds is 6. The molecule has 0 radical (unpaired) electrons. The second-order valence-corrected chi connectivity index (χ2v) is 7.09. The normalized spacial score (nSPS) is 11.8. The highest BCUT2D eigenvalue weighted by molar-refractivity contribution is 6.31. The lowest BCUT2D eigenvalue weighted by molar-refractivity contribution is -0.141. The molecule has 15 heteroatoms. The first-order valence-corrected chi connectivity index (χ1v) is 9.32. The number of halogens is 9. The Labute approximate surface area is 184 Å². The van der Waals surface area contributed by atoms with E-state index in [4.69, 9.17) is 11.6 Å². The van der Waals surface area contributed by atoms with Gasteiger partial charge in [-0.25, -0.2) is 22.0 Å². The van der Waals surface area contributed by atoms with E-state index in [1.54, 1.807) is 0 Å². The smallest absolute Gasteiger partial charge is 0.309 e. The minimum Gasteiger partial charge on any atom is -0.309 e. The maximum atomic E-state index is 13.8. The fraction of sp³-hybridized carbons (Fsp3) is 0.278. The van der Waals surface area contributed by atoms with Crippen LogP contribution in [0.25, 0.3) is 0 Å². The van der Waals surface area contributed by atoms with Gasteiger partial charge in [0.15, 0.2) is 34.8 Å². The Bertz CT molecular complexity index is 1190. The van der Waals surface area contributed by atoms with Crippen molar-refractivity contribution in [1.82, 2.24) is 19.6 Å². The summed E-state index contributed by atoms with van der Waals surface area (Å²) in [6, 6.07) is 1.18. The molecule has 3 rings (SSSR count). The molecule has 1 aromatic carbocycles. The van der Waals surface area contributed by atoms with Gasteiger partial charge in [0.2, 0.25) is 11.7 Å². The van der Waals surface area contributed by atoms with E-state index in [1.165, 1.54) is 13.0 Å². The lowest BCUT2D eigenvalue weighted by atomic mass is 10.1. The highest BCUT2D eigenvalue weighted by atomic mass is 35.5. The Morgan fingerprint density at radius 2 is 1.61 bits per heavy atom. The fourth-order valence-electron chi connectivity index (χ4n) is 2.80. The molecule has 0 atom stereocenters. The minimum atomic E-state index is -4.77. The van der Waals surface area contributed by atoms with E-state index in [9.17, 15) is 39.9 Å². The summed E-state index contributed by atoms with van der Waals surface area (Å²) < 4.78 is 108. The number of alkyl halides is 3. The number of hydrogen-bond acceptors (Lipinski definition) is 3. The molecule has 2 heterocycles. The molecule has 178 valence electrons. The van der Waals surface area contributed by atoms with Gasteiger partial charge < -0.3 is 5.32 Å². The summed E-state index contributed by atoms with van der Waals surface area (Å²) in [6.07, 6.45) is -3.99. The van der Waals surface area contributed by atoms with Gasteiger partial charge in [0.05, 0.1) is 29.4 Å². The monoisotopic (exact) mass is 501 g/mol. The Balaban J connectivity index is 1.66. The number of amides is 1. The van der Waals surface area contributed by atoms with Crippen molar-refractivity contribution in [3.63, 3.8) is 0 Å². The lowest BCUT2D eigenvalue weighted by Crippen LogP contribution is -2.17. The molecular formula is C18H12ClF8N5O. The first kappa shape index (κ1) is 24.5. The van der Waals surface area contributed by atoms with Crippen LogP contribution in [0.3, 0.4) is 0 Å². The predicted molar refractivity (Wildman–Crippen MR) is 97.8 cm³/mol. The van der Waals surface area contributed by atoms with Crippen LogP contribution in [0.2, 0.25) is 5.02 Å². The summed E-state index contributed by atoms with van der Waals surface area (Å²) >= 11 is 5.63. The molecule has 2 aromatic heterocycles. The first-order chi connectivity index (χ1) is 15.3. The second-order valence-electron chi connectivity index (χ2n) is 6.71. The zero-order valence-electron chi connectivity index (χ0n) is 16.4. The summed E-state index contributed by atoms with van der Waals surface area (Å²) in [5, 5.41) is 8.80. The number of nitrogens with zero attached hydrogens (tertiary/aromatic N) is 4. The van der Waals surface area contributed by atoms with Crippen molar-refractivity contribution in [2.75, 3.05) is 5.32 Å². The molecule has 1 amide bonds. The molecule has 33 heavy (non-hydrogen) atoms. The number of hydrogen-bond donors (Lipinski definition) is 1. The Hall–Kier alpha value is -3.16. The predicted octanol–water partition coefficient (Wildman–Crippen LogP) is 4.83. The fourth-order valence-corrected chi connectivity index (χ4v) is 3.05. The molecule has 6 nitrogen and oxygen atoms in total. The molecule has 0 saturated carbocycles. The average molecular weight is 502 g/mol. The topological polar surface area (TPSA) is 64.7 Å². The van der Waals surface area contributed by atoms with Gasteiger partial charge in [0, 0.05) is 18.7 Å². The molecule has 0 spiro atoms. The Morgan fingerprint density at radius 1 is 1.03 bits per heavy atom. The van der Waals surface area contributed by atoms with Crippen molar-refractivity contribution in [2.45, 2.75) is 32.6 Å². The molecule has 0 saturated heterocycles. The van der Waals surface area contributed by atoms with E-state index in [1.807, 2.05) is 0 Å². The van der Waals surface area contributed by atoms with Gasteiger partial charge >= 0.3 is 6.18 Å². The minimum absolute atomic E-state index is 0.00360. The standard InChI is InChI=1S/C18H12ClF8N5O/c1-7-11(19)17(18(25,26)27)30-32(7)5-3-10(33)28-9-2-4-31(29-9)6-8-12(20)14(22)16(24)15(23)13(8)21/h2,4H,3,5-6H2,1H3,(H,28,29,33). The number of anilines is 1. The van der Waals surface area contributed by atoms with Gasteiger partial charge in [-0.2, -0.15) is 23.4 Å². The highest BCUT2D eigenvalue weighted by Gasteiger charge is 2.38. The van der Waals surface area contributed by atoms with Crippen LogP contribution in [0.15, 0.2) is 12.3 Å². The summed E-state index contributed by atoms with van der Waals surface area (Å²) in [7, 11) is 0. The molecule has 0 fully saturated rings. The summed E-state index contributed by atoms with van der Waals surface area (Å²) in [5.74, 6) is -11.4.